The highest BCUT2D eigenvalue weighted by molar-refractivity contribution is 8.00. The van der Waals surface area contributed by atoms with Gasteiger partial charge < -0.3 is 5.32 Å². The largest absolute Gasteiger partial charge is 0.325 e. The molecule has 1 aromatic heterocycles. The number of thioether (sulfide) groups is 1. The second-order valence-electron chi connectivity index (χ2n) is 6.44. The molecule has 0 unspecified atom stereocenters. The number of carbonyl (C=O) groups is 1. The van der Waals surface area contributed by atoms with Gasteiger partial charge in [-0.15, -0.1) is 5.10 Å². The number of anilines is 1. The SMILES string of the molecule is Cc1ccccc1-n1nnnc1S[C@@H](C)C(=O)Nc1cccc2ccccc12. The van der Waals surface area contributed by atoms with Crippen molar-refractivity contribution in [3.8, 4) is 5.69 Å². The van der Waals surface area contributed by atoms with Gasteiger partial charge in [0.1, 0.15) is 0 Å². The quantitative estimate of drug-likeness (QED) is 0.517. The number of hydrogen-bond acceptors (Lipinski definition) is 5. The van der Waals surface area contributed by atoms with Crippen molar-refractivity contribution in [1.29, 1.82) is 0 Å². The Bertz CT molecular complexity index is 1140. The molecule has 28 heavy (non-hydrogen) atoms. The minimum atomic E-state index is -0.368. The number of aryl methyl sites for hydroxylation is 1. The fourth-order valence-corrected chi connectivity index (χ4v) is 3.79. The molecule has 0 aliphatic rings. The summed E-state index contributed by atoms with van der Waals surface area (Å²) in [6, 6.07) is 21.7. The molecular weight excluding hydrogens is 370 g/mol. The zero-order valence-electron chi connectivity index (χ0n) is 15.5. The predicted molar refractivity (Wildman–Crippen MR) is 112 cm³/mol. The van der Waals surface area contributed by atoms with Gasteiger partial charge >= 0.3 is 0 Å². The number of aromatic nitrogens is 4. The zero-order valence-corrected chi connectivity index (χ0v) is 16.4. The lowest BCUT2D eigenvalue weighted by molar-refractivity contribution is -0.115. The van der Waals surface area contributed by atoms with Crippen LogP contribution in [0, 0.1) is 6.92 Å². The number of fused-ring (bicyclic) bond motifs is 1. The van der Waals surface area contributed by atoms with Crippen LogP contribution in [0.1, 0.15) is 12.5 Å². The van der Waals surface area contributed by atoms with E-state index in [1.807, 2.05) is 80.6 Å². The molecule has 140 valence electrons. The van der Waals surface area contributed by atoms with Gasteiger partial charge in [0.05, 0.1) is 10.9 Å². The van der Waals surface area contributed by atoms with Crippen LogP contribution in [0.25, 0.3) is 16.5 Å². The summed E-state index contributed by atoms with van der Waals surface area (Å²) >= 11 is 1.33. The third kappa shape index (κ3) is 3.61. The molecular formula is C21H19N5OS. The van der Waals surface area contributed by atoms with E-state index in [1.165, 1.54) is 11.8 Å². The number of rotatable bonds is 5. The van der Waals surface area contributed by atoms with Crippen molar-refractivity contribution in [2.75, 3.05) is 5.32 Å². The topological polar surface area (TPSA) is 72.7 Å². The standard InChI is InChI=1S/C21H19N5OS/c1-14-8-3-6-13-19(14)26-21(23-24-25-26)28-15(2)20(27)22-18-12-7-10-16-9-4-5-11-17(16)18/h3-13,15H,1-2H3,(H,22,27)/t15-/m0/s1. The number of nitrogens with zero attached hydrogens (tertiary/aromatic N) is 4. The van der Waals surface area contributed by atoms with Crippen molar-refractivity contribution in [2.45, 2.75) is 24.3 Å². The molecule has 1 heterocycles. The van der Waals surface area contributed by atoms with E-state index < -0.39 is 0 Å². The Labute approximate surface area is 167 Å². The summed E-state index contributed by atoms with van der Waals surface area (Å²) in [6.45, 7) is 3.85. The predicted octanol–water partition coefficient (Wildman–Crippen LogP) is 4.24. The van der Waals surface area contributed by atoms with E-state index in [-0.39, 0.29) is 11.2 Å². The van der Waals surface area contributed by atoms with E-state index in [1.54, 1.807) is 4.68 Å². The molecule has 4 rings (SSSR count). The first-order valence-electron chi connectivity index (χ1n) is 8.93. The lowest BCUT2D eigenvalue weighted by Crippen LogP contribution is -2.23. The highest BCUT2D eigenvalue weighted by Gasteiger charge is 2.20. The number of hydrogen-bond donors (Lipinski definition) is 1. The summed E-state index contributed by atoms with van der Waals surface area (Å²) in [7, 11) is 0. The van der Waals surface area contributed by atoms with Crippen molar-refractivity contribution in [3.05, 3.63) is 72.3 Å². The van der Waals surface area contributed by atoms with Crippen molar-refractivity contribution in [3.63, 3.8) is 0 Å². The van der Waals surface area contributed by atoms with Crippen molar-refractivity contribution in [2.24, 2.45) is 0 Å². The molecule has 0 radical (unpaired) electrons. The van der Waals surface area contributed by atoms with Crippen LogP contribution in [0.15, 0.2) is 71.9 Å². The smallest absolute Gasteiger partial charge is 0.237 e. The van der Waals surface area contributed by atoms with E-state index in [0.29, 0.717) is 5.16 Å². The van der Waals surface area contributed by atoms with Gasteiger partial charge in [-0.3, -0.25) is 4.79 Å². The van der Waals surface area contributed by atoms with Crippen LogP contribution in [0.4, 0.5) is 5.69 Å². The number of amides is 1. The minimum absolute atomic E-state index is 0.0966. The summed E-state index contributed by atoms with van der Waals surface area (Å²) in [6.07, 6.45) is 0. The first kappa shape index (κ1) is 18.2. The van der Waals surface area contributed by atoms with Gasteiger partial charge in [0.2, 0.25) is 11.1 Å². The van der Waals surface area contributed by atoms with Gasteiger partial charge in [-0.2, -0.15) is 4.68 Å². The van der Waals surface area contributed by atoms with Crippen LogP contribution < -0.4 is 5.32 Å². The molecule has 0 saturated heterocycles. The van der Waals surface area contributed by atoms with Gasteiger partial charge in [-0.05, 0) is 47.4 Å². The monoisotopic (exact) mass is 389 g/mol. The average Bonchev–Trinajstić information content (AvgIpc) is 3.16. The highest BCUT2D eigenvalue weighted by Crippen LogP contribution is 2.27. The van der Waals surface area contributed by atoms with E-state index in [2.05, 4.69) is 20.8 Å². The van der Waals surface area contributed by atoms with Crippen LogP contribution in [-0.4, -0.2) is 31.4 Å². The zero-order chi connectivity index (χ0) is 19.5. The molecule has 0 spiro atoms. The van der Waals surface area contributed by atoms with Crippen molar-refractivity contribution in [1.82, 2.24) is 20.2 Å². The maximum absolute atomic E-state index is 12.8. The third-order valence-electron chi connectivity index (χ3n) is 4.48. The van der Waals surface area contributed by atoms with E-state index >= 15 is 0 Å². The van der Waals surface area contributed by atoms with Crippen LogP contribution in [0.3, 0.4) is 0 Å². The Morgan fingerprint density at radius 2 is 1.79 bits per heavy atom. The summed E-state index contributed by atoms with van der Waals surface area (Å²) in [5.41, 5.74) is 2.76. The van der Waals surface area contributed by atoms with Crippen molar-refractivity contribution >= 4 is 34.1 Å². The number of tetrazole rings is 1. The Kier molecular flexibility index (Phi) is 5.08. The number of para-hydroxylation sites is 1. The Hall–Kier alpha value is -3.19. The van der Waals surface area contributed by atoms with Gasteiger partial charge in [0, 0.05) is 11.1 Å². The maximum Gasteiger partial charge on any atom is 0.237 e. The summed E-state index contributed by atoms with van der Waals surface area (Å²) in [5, 5.41) is 17.3. The second kappa shape index (κ2) is 7.82. The summed E-state index contributed by atoms with van der Waals surface area (Å²) in [5.74, 6) is -0.0966. The Morgan fingerprint density at radius 3 is 2.64 bits per heavy atom. The molecule has 3 aromatic carbocycles. The Morgan fingerprint density at radius 1 is 1.04 bits per heavy atom. The third-order valence-corrected chi connectivity index (χ3v) is 5.52. The minimum Gasteiger partial charge on any atom is -0.325 e. The van der Waals surface area contributed by atoms with E-state index in [9.17, 15) is 4.79 Å². The van der Waals surface area contributed by atoms with Crippen molar-refractivity contribution < 1.29 is 4.79 Å². The normalized spacial score (nSPS) is 12.1. The molecule has 1 amide bonds. The molecule has 0 aliphatic heterocycles. The molecule has 0 aliphatic carbocycles. The van der Waals surface area contributed by atoms with Crippen LogP contribution in [0.5, 0.6) is 0 Å². The number of nitrogens with one attached hydrogen (secondary N) is 1. The van der Waals surface area contributed by atoms with E-state index in [0.717, 1.165) is 27.7 Å². The number of benzene rings is 3. The van der Waals surface area contributed by atoms with Crippen LogP contribution >= 0.6 is 11.8 Å². The van der Waals surface area contributed by atoms with Gasteiger partial charge in [-0.25, -0.2) is 0 Å². The second-order valence-corrected chi connectivity index (χ2v) is 7.74. The van der Waals surface area contributed by atoms with Crippen LogP contribution in [0.2, 0.25) is 0 Å². The summed E-state index contributed by atoms with van der Waals surface area (Å²) in [4.78, 5) is 12.8. The molecule has 6 nitrogen and oxygen atoms in total. The molecule has 7 heteroatoms. The molecule has 1 N–H and O–H groups in total. The van der Waals surface area contributed by atoms with Gasteiger partial charge in [0.15, 0.2) is 0 Å². The molecule has 4 aromatic rings. The average molecular weight is 389 g/mol. The first-order valence-corrected chi connectivity index (χ1v) is 9.81. The summed E-state index contributed by atoms with van der Waals surface area (Å²) < 4.78 is 1.67. The van der Waals surface area contributed by atoms with Gasteiger partial charge in [0.25, 0.3) is 0 Å². The lowest BCUT2D eigenvalue weighted by Gasteiger charge is -2.13. The Balaban J connectivity index is 1.53. The number of carbonyl (C=O) groups excluding carboxylic acids is 1. The first-order chi connectivity index (χ1) is 13.6. The molecule has 0 bridgehead atoms. The van der Waals surface area contributed by atoms with Gasteiger partial charge in [-0.1, -0.05) is 66.4 Å². The van der Waals surface area contributed by atoms with Crippen LogP contribution in [-0.2, 0) is 4.79 Å². The molecule has 1 atom stereocenters. The highest BCUT2D eigenvalue weighted by atomic mass is 32.2. The lowest BCUT2D eigenvalue weighted by atomic mass is 10.1. The fourth-order valence-electron chi connectivity index (χ4n) is 2.99. The molecule has 0 saturated carbocycles. The van der Waals surface area contributed by atoms with E-state index in [4.69, 9.17) is 0 Å². The molecule has 0 fully saturated rings. The fraction of sp³-hybridized carbons (Fsp3) is 0.143. The maximum atomic E-state index is 12.8.